The Bertz CT molecular complexity index is 194. The normalized spacial score (nSPS) is 24.0. The van der Waals surface area contributed by atoms with Gasteiger partial charge >= 0.3 is 0 Å². The van der Waals surface area contributed by atoms with Gasteiger partial charge in [-0.05, 0) is 25.9 Å². The van der Waals surface area contributed by atoms with Crippen LogP contribution in [0.25, 0.3) is 0 Å². The van der Waals surface area contributed by atoms with Crippen LogP contribution >= 0.6 is 11.8 Å². The minimum atomic E-state index is 0.477. The fourth-order valence-corrected chi connectivity index (χ4v) is 3.36. The molecule has 0 amide bonds. The number of nitrogens with zero attached hydrogens (tertiary/aromatic N) is 1. The average Bonchev–Trinajstić information content (AvgIpc) is 2.41. The summed E-state index contributed by atoms with van der Waals surface area (Å²) in [4.78, 5) is 2.68. The summed E-state index contributed by atoms with van der Waals surface area (Å²) in [7, 11) is 0. The fourth-order valence-electron chi connectivity index (χ4n) is 2.24. The number of nitrogens with one attached hydrogen (secondary N) is 1. The highest BCUT2D eigenvalue weighted by Crippen LogP contribution is 2.31. The minimum absolute atomic E-state index is 0.477. The third-order valence-corrected chi connectivity index (χ3v) is 4.86. The summed E-state index contributed by atoms with van der Waals surface area (Å²) in [5.74, 6) is 1.29. The van der Waals surface area contributed by atoms with E-state index >= 15 is 0 Å². The second kappa shape index (κ2) is 6.87. The van der Waals surface area contributed by atoms with Crippen molar-refractivity contribution in [1.82, 2.24) is 10.2 Å². The van der Waals surface area contributed by atoms with Gasteiger partial charge in [-0.1, -0.05) is 27.7 Å². The molecule has 1 aliphatic heterocycles. The molecule has 1 unspecified atom stereocenters. The summed E-state index contributed by atoms with van der Waals surface area (Å²) in [5.41, 5.74) is 0. The lowest BCUT2D eigenvalue weighted by Crippen LogP contribution is -2.43. The van der Waals surface area contributed by atoms with Crippen LogP contribution in [0.1, 0.15) is 40.5 Å². The average molecular weight is 244 g/mol. The summed E-state index contributed by atoms with van der Waals surface area (Å²) >= 11 is 2.13. The standard InChI is InChI=1S/C13H28N2S/c1-5-12(11-14-6-2)15-8-7-13(3,4)16-10-9-15/h12,14H,5-11H2,1-4H3. The van der Waals surface area contributed by atoms with Gasteiger partial charge in [0.05, 0.1) is 0 Å². The van der Waals surface area contributed by atoms with Gasteiger partial charge < -0.3 is 5.32 Å². The third kappa shape index (κ3) is 4.64. The van der Waals surface area contributed by atoms with Gasteiger partial charge in [-0.25, -0.2) is 0 Å². The number of hydrogen-bond acceptors (Lipinski definition) is 3. The molecule has 1 saturated heterocycles. The first kappa shape index (κ1) is 14.3. The van der Waals surface area contributed by atoms with Gasteiger partial charge in [0.1, 0.15) is 0 Å². The van der Waals surface area contributed by atoms with Crippen molar-refractivity contribution in [1.29, 1.82) is 0 Å². The van der Waals surface area contributed by atoms with Gasteiger partial charge in [-0.3, -0.25) is 4.90 Å². The Hall–Kier alpha value is 0.270. The molecule has 0 aromatic heterocycles. The molecule has 0 bridgehead atoms. The molecule has 0 aromatic carbocycles. The molecule has 1 aliphatic rings. The van der Waals surface area contributed by atoms with Crippen LogP contribution in [0.15, 0.2) is 0 Å². The molecule has 0 aliphatic carbocycles. The molecule has 0 saturated carbocycles. The van der Waals surface area contributed by atoms with E-state index in [0.717, 1.165) is 19.1 Å². The predicted molar refractivity (Wildman–Crippen MR) is 75.3 cm³/mol. The second-order valence-electron chi connectivity index (χ2n) is 5.26. The third-order valence-electron chi connectivity index (χ3n) is 3.49. The first-order valence-corrected chi connectivity index (χ1v) is 7.66. The van der Waals surface area contributed by atoms with Gasteiger partial charge in [-0.2, -0.15) is 11.8 Å². The van der Waals surface area contributed by atoms with Gasteiger partial charge in [0.15, 0.2) is 0 Å². The summed E-state index contributed by atoms with van der Waals surface area (Å²) in [6, 6.07) is 0.731. The maximum absolute atomic E-state index is 3.49. The smallest absolute Gasteiger partial charge is 0.0218 e. The van der Waals surface area contributed by atoms with Gasteiger partial charge in [0, 0.05) is 29.6 Å². The first-order valence-electron chi connectivity index (χ1n) is 6.67. The number of hydrogen-bond donors (Lipinski definition) is 1. The molecule has 1 rings (SSSR count). The molecule has 0 aromatic rings. The van der Waals surface area contributed by atoms with Gasteiger partial charge in [0.25, 0.3) is 0 Å². The van der Waals surface area contributed by atoms with Crippen molar-refractivity contribution in [2.24, 2.45) is 0 Å². The lowest BCUT2D eigenvalue weighted by Gasteiger charge is -2.30. The van der Waals surface area contributed by atoms with Crippen LogP contribution in [0.4, 0.5) is 0 Å². The van der Waals surface area contributed by atoms with E-state index in [9.17, 15) is 0 Å². The molecule has 16 heavy (non-hydrogen) atoms. The van der Waals surface area contributed by atoms with E-state index in [-0.39, 0.29) is 0 Å². The molecular formula is C13H28N2S. The molecule has 1 atom stereocenters. The number of likely N-dealkylation sites (N-methyl/N-ethyl adjacent to an activating group) is 1. The largest absolute Gasteiger partial charge is 0.315 e. The van der Waals surface area contributed by atoms with E-state index < -0.39 is 0 Å². The zero-order valence-electron chi connectivity index (χ0n) is 11.4. The second-order valence-corrected chi connectivity index (χ2v) is 7.07. The van der Waals surface area contributed by atoms with Crippen molar-refractivity contribution in [3.05, 3.63) is 0 Å². The maximum atomic E-state index is 3.49. The van der Waals surface area contributed by atoms with Crippen LogP contribution in [0.3, 0.4) is 0 Å². The zero-order valence-corrected chi connectivity index (χ0v) is 12.2. The predicted octanol–water partition coefficient (Wildman–Crippen LogP) is 2.59. The van der Waals surface area contributed by atoms with Crippen molar-refractivity contribution in [2.45, 2.75) is 51.3 Å². The van der Waals surface area contributed by atoms with Crippen LogP contribution in [0, 0.1) is 0 Å². The molecule has 1 N–H and O–H groups in total. The van der Waals surface area contributed by atoms with E-state index in [4.69, 9.17) is 0 Å². The number of rotatable bonds is 5. The maximum Gasteiger partial charge on any atom is 0.0218 e. The quantitative estimate of drug-likeness (QED) is 0.800. The summed E-state index contributed by atoms with van der Waals surface area (Å²) in [6.45, 7) is 14.0. The van der Waals surface area contributed by atoms with Crippen LogP contribution < -0.4 is 5.32 Å². The summed E-state index contributed by atoms with van der Waals surface area (Å²) in [6.07, 6.45) is 2.58. The molecule has 0 radical (unpaired) electrons. The highest BCUT2D eigenvalue weighted by Gasteiger charge is 2.26. The van der Waals surface area contributed by atoms with Gasteiger partial charge in [0.2, 0.25) is 0 Å². The molecule has 2 nitrogen and oxygen atoms in total. The Morgan fingerprint density at radius 1 is 1.31 bits per heavy atom. The first-order chi connectivity index (χ1) is 7.59. The van der Waals surface area contributed by atoms with Crippen LogP contribution in [0.5, 0.6) is 0 Å². The highest BCUT2D eigenvalue weighted by molar-refractivity contribution is 8.00. The van der Waals surface area contributed by atoms with Crippen LogP contribution in [-0.4, -0.2) is 47.6 Å². The molecule has 96 valence electrons. The topological polar surface area (TPSA) is 15.3 Å². The summed E-state index contributed by atoms with van der Waals surface area (Å²) in [5, 5.41) is 3.49. The Balaban J connectivity index is 2.44. The minimum Gasteiger partial charge on any atom is -0.315 e. The molecule has 0 spiro atoms. The van der Waals surface area contributed by atoms with E-state index in [2.05, 4.69) is 49.7 Å². The Morgan fingerprint density at radius 2 is 2.06 bits per heavy atom. The molecule has 1 fully saturated rings. The van der Waals surface area contributed by atoms with Crippen molar-refractivity contribution < 1.29 is 0 Å². The van der Waals surface area contributed by atoms with Crippen molar-refractivity contribution in [2.75, 3.05) is 31.9 Å². The van der Waals surface area contributed by atoms with E-state index in [1.54, 1.807) is 0 Å². The molecular weight excluding hydrogens is 216 g/mol. The molecule has 3 heteroatoms. The fraction of sp³-hybridized carbons (Fsp3) is 1.00. The number of thioether (sulfide) groups is 1. The van der Waals surface area contributed by atoms with Crippen LogP contribution in [0.2, 0.25) is 0 Å². The Kier molecular flexibility index (Phi) is 6.16. The van der Waals surface area contributed by atoms with E-state index in [1.807, 2.05) is 0 Å². The van der Waals surface area contributed by atoms with E-state index in [0.29, 0.717) is 4.75 Å². The Morgan fingerprint density at radius 3 is 2.69 bits per heavy atom. The van der Waals surface area contributed by atoms with Crippen molar-refractivity contribution >= 4 is 11.8 Å². The monoisotopic (exact) mass is 244 g/mol. The zero-order chi connectivity index (χ0) is 12.0. The highest BCUT2D eigenvalue weighted by atomic mass is 32.2. The van der Waals surface area contributed by atoms with Crippen molar-refractivity contribution in [3.8, 4) is 0 Å². The van der Waals surface area contributed by atoms with E-state index in [1.165, 1.54) is 31.7 Å². The lowest BCUT2D eigenvalue weighted by molar-refractivity contribution is 0.195. The van der Waals surface area contributed by atoms with Gasteiger partial charge in [-0.15, -0.1) is 0 Å². The van der Waals surface area contributed by atoms with Crippen LogP contribution in [-0.2, 0) is 0 Å². The Labute approximate surface area is 106 Å². The summed E-state index contributed by atoms with van der Waals surface area (Å²) < 4.78 is 0.477. The van der Waals surface area contributed by atoms with Crippen molar-refractivity contribution in [3.63, 3.8) is 0 Å². The molecule has 1 heterocycles. The SMILES string of the molecule is CCNCC(CC)N1CCSC(C)(C)CC1. The lowest BCUT2D eigenvalue weighted by atomic mass is 10.1.